The molecule has 0 aliphatic heterocycles. The minimum absolute atomic E-state index is 0.125. The van der Waals surface area contributed by atoms with Crippen molar-refractivity contribution in [3.8, 4) is 6.07 Å². The molecule has 0 aliphatic rings. The van der Waals surface area contributed by atoms with Crippen LogP contribution in [0.4, 0.5) is 5.69 Å². The number of carbonyl (C=O) groups is 1. The number of hydrogen-bond donors (Lipinski definition) is 2. The maximum absolute atomic E-state index is 11.6. The number of carbonyl (C=O) groups excluding carboxylic acids is 1. The number of nitrogens with one attached hydrogen (secondary N) is 1. The Kier molecular flexibility index (Phi) is 4.30. The summed E-state index contributed by atoms with van der Waals surface area (Å²) in [6.45, 7) is 1.23. The van der Waals surface area contributed by atoms with E-state index in [9.17, 15) is 13.2 Å². The number of nitriles is 1. The number of aliphatic hydroxyl groups is 1. The number of sulfone groups is 1. The quantitative estimate of drug-likeness (QED) is 0.494. The van der Waals surface area contributed by atoms with Gasteiger partial charge in [0.25, 0.3) is 5.91 Å². The first-order valence-electron chi connectivity index (χ1n) is 5.17. The van der Waals surface area contributed by atoms with Crippen LogP contribution in [0.3, 0.4) is 0 Å². The Morgan fingerprint density at radius 1 is 1.32 bits per heavy atom. The lowest BCUT2D eigenvalue weighted by Crippen LogP contribution is -2.15. The van der Waals surface area contributed by atoms with Gasteiger partial charge in [-0.25, -0.2) is 8.42 Å². The lowest BCUT2D eigenvalue weighted by molar-refractivity contribution is -0.112. The third-order valence-electron chi connectivity index (χ3n) is 2.24. The van der Waals surface area contributed by atoms with E-state index in [2.05, 4.69) is 5.32 Å². The molecule has 7 heteroatoms. The van der Waals surface area contributed by atoms with Gasteiger partial charge in [-0.3, -0.25) is 4.79 Å². The number of aliphatic hydroxyl groups excluding tert-OH is 1. The lowest BCUT2D eigenvalue weighted by Gasteiger charge is -2.05. The number of hydrogen-bond acceptors (Lipinski definition) is 5. The van der Waals surface area contributed by atoms with Crippen LogP contribution >= 0.6 is 0 Å². The standard InChI is InChI=1S/C12H12N2O4S/c1-8(15)11(7-13)12(16)14-9-3-5-10(6-4-9)19(2,17)18/h3-6,15H,1-2H3,(H,14,16). The molecule has 100 valence electrons. The first-order chi connectivity index (χ1) is 8.75. The van der Waals surface area contributed by atoms with Crippen LogP contribution in [-0.4, -0.2) is 25.7 Å². The molecule has 1 amide bonds. The number of allylic oxidation sites excluding steroid dienone is 1. The van der Waals surface area contributed by atoms with E-state index in [1.54, 1.807) is 6.07 Å². The molecule has 0 aliphatic carbocycles. The van der Waals surface area contributed by atoms with E-state index in [0.717, 1.165) is 6.26 Å². The topological polar surface area (TPSA) is 107 Å². The van der Waals surface area contributed by atoms with Crippen LogP contribution in [0.2, 0.25) is 0 Å². The smallest absolute Gasteiger partial charge is 0.269 e. The Hall–Kier alpha value is -2.33. The zero-order valence-electron chi connectivity index (χ0n) is 10.3. The predicted molar refractivity (Wildman–Crippen MR) is 69.1 cm³/mol. The van der Waals surface area contributed by atoms with Crippen molar-refractivity contribution in [2.24, 2.45) is 0 Å². The van der Waals surface area contributed by atoms with Crippen molar-refractivity contribution in [2.45, 2.75) is 11.8 Å². The Labute approximate surface area is 110 Å². The monoisotopic (exact) mass is 280 g/mol. The number of nitrogens with zero attached hydrogens (tertiary/aromatic N) is 1. The number of anilines is 1. The van der Waals surface area contributed by atoms with Gasteiger partial charge in [0.2, 0.25) is 0 Å². The van der Waals surface area contributed by atoms with Gasteiger partial charge >= 0.3 is 0 Å². The fourth-order valence-corrected chi connectivity index (χ4v) is 1.91. The van der Waals surface area contributed by atoms with Crippen molar-refractivity contribution >= 4 is 21.4 Å². The molecule has 0 bridgehead atoms. The molecular formula is C12H12N2O4S. The maximum Gasteiger partial charge on any atom is 0.269 e. The molecule has 0 radical (unpaired) electrons. The van der Waals surface area contributed by atoms with Gasteiger partial charge in [-0.2, -0.15) is 5.26 Å². The largest absolute Gasteiger partial charge is 0.511 e. The van der Waals surface area contributed by atoms with E-state index in [-0.39, 0.29) is 10.7 Å². The molecule has 0 atom stereocenters. The van der Waals surface area contributed by atoms with Crippen molar-refractivity contribution in [1.82, 2.24) is 0 Å². The van der Waals surface area contributed by atoms with Crippen molar-refractivity contribution in [1.29, 1.82) is 5.26 Å². The van der Waals surface area contributed by atoms with E-state index in [1.165, 1.54) is 31.2 Å². The number of amides is 1. The number of rotatable bonds is 3. The summed E-state index contributed by atoms with van der Waals surface area (Å²) in [4.78, 5) is 11.7. The summed E-state index contributed by atoms with van der Waals surface area (Å²) in [7, 11) is -3.30. The van der Waals surface area contributed by atoms with Gasteiger partial charge in [-0.05, 0) is 31.2 Å². The lowest BCUT2D eigenvalue weighted by atomic mass is 10.2. The minimum Gasteiger partial charge on any atom is -0.511 e. The Morgan fingerprint density at radius 2 is 1.84 bits per heavy atom. The Morgan fingerprint density at radius 3 is 2.21 bits per heavy atom. The van der Waals surface area contributed by atoms with Crippen LogP contribution < -0.4 is 5.32 Å². The van der Waals surface area contributed by atoms with Crippen LogP contribution in [0.5, 0.6) is 0 Å². The highest BCUT2D eigenvalue weighted by atomic mass is 32.2. The molecule has 0 fully saturated rings. The van der Waals surface area contributed by atoms with Gasteiger partial charge in [0.15, 0.2) is 15.4 Å². The highest BCUT2D eigenvalue weighted by Crippen LogP contribution is 2.15. The summed E-state index contributed by atoms with van der Waals surface area (Å²) in [5.41, 5.74) is -0.0708. The Bertz CT molecular complexity index is 663. The van der Waals surface area contributed by atoms with Crippen molar-refractivity contribution in [3.05, 3.63) is 35.6 Å². The molecule has 6 nitrogen and oxygen atoms in total. The van der Waals surface area contributed by atoms with Gasteiger partial charge in [0.1, 0.15) is 11.8 Å². The van der Waals surface area contributed by atoms with E-state index in [0.29, 0.717) is 5.69 Å². The Balaban J connectivity index is 2.95. The summed E-state index contributed by atoms with van der Waals surface area (Å²) in [5.74, 6) is -1.14. The third-order valence-corrected chi connectivity index (χ3v) is 3.37. The first kappa shape index (κ1) is 14.7. The van der Waals surface area contributed by atoms with E-state index in [1.807, 2.05) is 0 Å². The average Bonchev–Trinajstić information content (AvgIpc) is 2.28. The average molecular weight is 280 g/mol. The molecule has 0 spiro atoms. The molecule has 19 heavy (non-hydrogen) atoms. The molecule has 0 saturated heterocycles. The van der Waals surface area contributed by atoms with Gasteiger partial charge in [0, 0.05) is 11.9 Å². The second-order valence-electron chi connectivity index (χ2n) is 3.82. The molecule has 2 N–H and O–H groups in total. The van der Waals surface area contributed by atoms with Crippen molar-refractivity contribution < 1.29 is 18.3 Å². The predicted octanol–water partition coefficient (Wildman–Crippen LogP) is 1.38. The maximum atomic E-state index is 11.6. The van der Waals surface area contributed by atoms with Gasteiger partial charge in [-0.15, -0.1) is 0 Å². The van der Waals surface area contributed by atoms with Crippen LogP contribution in [0.25, 0.3) is 0 Å². The summed E-state index contributed by atoms with van der Waals surface area (Å²) in [6, 6.07) is 7.06. The van der Waals surface area contributed by atoms with E-state index >= 15 is 0 Å². The SMILES string of the molecule is CC(O)=C(C#N)C(=O)Nc1ccc(S(C)(=O)=O)cc1. The van der Waals surface area contributed by atoms with Gasteiger partial charge in [0.05, 0.1) is 4.90 Å². The highest BCUT2D eigenvalue weighted by molar-refractivity contribution is 7.90. The zero-order chi connectivity index (χ0) is 14.6. The van der Waals surface area contributed by atoms with E-state index in [4.69, 9.17) is 10.4 Å². The molecule has 0 unspecified atom stereocenters. The summed E-state index contributed by atoms with van der Waals surface area (Å²) in [5, 5.41) is 20.2. The van der Waals surface area contributed by atoms with Crippen LogP contribution in [0, 0.1) is 11.3 Å². The van der Waals surface area contributed by atoms with Crippen LogP contribution in [-0.2, 0) is 14.6 Å². The zero-order valence-corrected chi connectivity index (χ0v) is 11.2. The summed E-state index contributed by atoms with van der Waals surface area (Å²) < 4.78 is 22.5. The fourth-order valence-electron chi connectivity index (χ4n) is 1.28. The highest BCUT2D eigenvalue weighted by Gasteiger charge is 2.13. The molecule has 1 aromatic carbocycles. The molecule has 0 aromatic heterocycles. The van der Waals surface area contributed by atoms with E-state index < -0.39 is 21.3 Å². The first-order valence-corrected chi connectivity index (χ1v) is 7.06. The molecule has 0 saturated carbocycles. The van der Waals surface area contributed by atoms with Crippen LogP contribution in [0.1, 0.15) is 6.92 Å². The fraction of sp³-hybridized carbons (Fsp3) is 0.167. The third kappa shape index (κ3) is 3.82. The van der Waals surface area contributed by atoms with Crippen molar-refractivity contribution in [2.75, 3.05) is 11.6 Å². The van der Waals surface area contributed by atoms with Crippen LogP contribution in [0.15, 0.2) is 40.5 Å². The second kappa shape index (κ2) is 5.54. The van der Waals surface area contributed by atoms with Gasteiger partial charge in [-0.1, -0.05) is 0 Å². The summed E-state index contributed by atoms with van der Waals surface area (Å²) >= 11 is 0. The normalized spacial score (nSPS) is 12.3. The molecule has 1 rings (SSSR count). The minimum atomic E-state index is -3.30. The van der Waals surface area contributed by atoms with Crippen molar-refractivity contribution in [3.63, 3.8) is 0 Å². The second-order valence-corrected chi connectivity index (χ2v) is 5.84. The molecule has 0 heterocycles. The molecule has 1 aromatic rings. The molecular weight excluding hydrogens is 268 g/mol. The number of benzene rings is 1. The van der Waals surface area contributed by atoms with Gasteiger partial charge < -0.3 is 10.4 Å². The summed E-state index contributed by atoms with van der Waals surface area (Å²) in [6.07, 6.45) is 1.08.